The van der Waals surface area contributed by atoms with Crippen molar-refractivity contribution >= 4 is 18.5 Å². The molecule has 1 saturated heterocycles. The first-order valence-electron chi connectivity index (χ1n) is 4.20. The average Bonchev–Trinajstić information content (AvgIpc) is 2.31. The molecule has 1 aliphatic rings. The summed E-state index contributed by atoms with van der Waals surface area (Å²) in [5, 5.41) is 9.08. The van der Waals surface area contributed by atoms with E-state index in [9.17, 15) is 4.79 Å². The topological polar surface area (TPSA) is 40.5 Å². The molecule has 2 atom stereocenters. The van der Waals surface area contributed by atoms with E-state index in [2.05, 4.69) is 12.6 Å². The van der Waals surface area contributed by atoms with E-state index in [0.29, 0.717) is 18.9 Å². The molecule has 4 heteroatoms. The number of β-amino-alcohol motifs (C(OH)–C–C–N with tert-alkyl or cyclic N) is 1. The molecule has 12 heavy (non-hydrogen) atoms. The second-order valence-electron chi connectivity index (χ2n) is 3.40. The van der Waals surface area contributed by atoms with Crippen LogP contribution in [-0.2, 0) is 4.79 Å². The summed E-state index contributed by atoms with van der Waals surface area (Å²) in [5.41, 5.74) is 0. The maximum atomic E-state index is 11.3. The molecule has 0 saturated carbocycles. The lowest BCUT2D eigenvalue weighted by Gasteiger charge is -2.17. The summed E-state index contributed by atoms with van der Waals surface area (Å²) in [7, 11) is 0. The summed E-state index contributed by atoms with van der Waals surface area (Å²) >= 11 is 4.15. The van der Waals surface area contributed by atoms with Crippen LogP contribution in [0, 0.1) is 5.92 Å². The van der Waals surface area contributed by atoms with Crippen LogP contribution >= 0.6 is 12.6 Å². The van der Waals surface area contributed by atoms with Crippen molar-refractivity contribution in [3.63, 3.8) is 0 Å². The molecule has 1 heterocycles. The Kier molecular flexibility index (Phi) is 3.40. The molecule has 70 valence electrons. The summed E-state index contributed by atoms with van der Waals surface area (Å²) in [6, 6.07) is 0. The van der Waals surface area contributed by atoms with Crippen LogP contribution < -0.4 is 0 Å². The Bertz CT molecular complexity index is 172. The second-order valence-corrected chi connectivity index (χ2v) is 3.77. The van der Waals surface area contributed by atoms with Crippen molar-refractivity contribution in [2.75, 3.05) is 18.8 Å². The van der Waals surface area contributed by atoms with Gasteiger partial charge >= 0.3 is 0 Å². The molecule has 0 aromatic heterocycles. The maximum Gasteiger partial charge on any atom is 0.223 e. The Morgan fingerprint density at radius 3 is 2.92 bits per heavy atom. The Morgan fingerprint density at radius 2 is 2.50 bits per heavy atom. The van der Waals surface area contributed by atoms with E-state index in [1.807, 2.05) is 0 Å². The number of carbonyl (C=O) groups is 1. The molecule has 0 bridgehead atoms. The molecule has 2 unspecified atom stereocenters. The lowest BCUT2D eigenvalue weighted by molar-refractivity contribution is -0.128. The van der Waals surface area contributed by atoms with E-state index in [0.717, 1.165) is 12.3 Å². The number of hydrogen-bond donors (Lipinski definition) is 2. The SMILES string of the molecule is CC(O)CN1CC(CS)CC1=O. The molecule has 0 aromatic carbocycles. The van der Waals surface area contributed by atoms with Gasteiger partial charge in [-0.15, -0.1) is 0 Å². The van der Waals surface area contributed by atoms with Gasteiger partial charge in [-0.2, -0.15) is 12.6 Å². The standard InChI is InChI=1S/C8H15NO2S/c1-6(10)3-9-4-7(5-12)2-8(9)11/h6-7,10,12H,2-5H2,1H3. The number of aliphatic hydroxyl groups excluding tert-OH is 1. The van der Waals surface area contributed by atoms with Gasteiger partial charge in [0, 0.05) is 19.5 Å². The smallest absolute Gasteiger partial charge is 0.223 e. The number of nitrogens with zero attached hydrogens (tertiary/aromatic N) is 1. The summed E-state index contributed by atoms with van der Waals surface area (Å²) in [6.07, 6.45) is 0.170. The zero-order valence-corrected chi connectivity index (χ0v) is 8.13. The van der Waals surface area contributed by atoms with Gasteiger partial charge in [-0.25, -0.2) is 0 Å². The quantitative estimate of drug-likeness (QED) is 0.620. The maximum absolute atomic E-state index is 11.3. The zero-order chi connectivity index (χ0) is 9.14. The van der Waals surface area contributed by atoms with Gasteiger partial charge in [-0.05, 0) is 18.6 Å². The van der Waals surface area contributed by atoms with Gasteiger partial charge in [0.15, 0.2) is 0 Å². The Labute approximate surface area is 78.2 Å². The summed E-state index contributed by atoms with van der Waals surface area (Å²) in [4.78, 5) is 13.0. The third-order valence-electron chi connectivity index (χ3n) is 2.04. The van der Waals surface area contributed by atoms with E-state index < -0.39 is 6.10 Å². The molecular formula is C8H15NO2S. The molecule has 0 aromatic rings. The van der Waals surface area contributed by atoms with Gasteiger partial charge in [-0.1, -0.05) is 0 Å². The Hall–Kier alpha value is -0.220. The highest BCUT2D eigenvalue weighted by atomic mass is 32.1. The molecule has 1 N–H and O–H groups in total. The van der Waals surface area contributed by atoms with Crippen molar-refractivity contribution in [1.82, 2.24) is 4.90 Å². The van der Waals surface area contributed by atoms with Gasteiger partial charge in [-0.3, -0.25) is 4.79 Å². The molecule has 1 rings (SSSR count). The number of carbonyl (C=O) groups excluding carboxylic acids is 1. The monoisotopic (exact) mass is 189 g/mol. The van der Waals surface area contributed by atoms with Gasteiger partial charge < -0.3 is 10.0 Å². The van der Waals surface area contributed by atoms with Crippen LogP contribution in [0.15, 0.2) is 0 Å². The molecule has 0 aliphatic carbocycles. The van der Waals surface area contributed by atoms with Crippen LogP contribution in [0.1, 0.15) is 13.3 Å². The zero-order valence-electron chi connectivity index (χ0n) is 7.23. The lowest BCUT2D eigenvalue weighted by Crippen LogP contribution is -2.32. The number of thiol groups is 1. The van der Waals surface area contributed by atoms with E-state index in [1.54, 1.807) is 11.8 Å². The van der Waals surface area contributed by atoms with Gasteiger partial charge in [0.1, 0.15) is 0 Å². The highest BCUT2D eigenvalue weighted by Crippen LogP contribution is 2.18. The highest BCUT2D eigenvalue weighted by Gasteiger charge is 2.28. The first kappa shape index (κ1) is 9.86. The van der Waals surface area contributed by atoms with E-state index in [-0.39, 0.29) is 5.91 Å². The number of likely N-dealkylation sites (tertiary alicyclic amines) is 1. The minimum absolute atomic E-state index is 0.148. The first-order chi connectivity index (χ1) is 5.63. The fourth-order valence-electron chi connectivity index (χ4n) is 1.47. The van der Waals surface area contributed by atoms with Crippen molar-refractivity contribution in [3.8, 4) is 0 Å². The molecule has 1 amide bonds. The minimum Gasteiger partial charge on any atom is -0.392 e. The van der Waals surface area contributed by atoms with Crippen LogP contribution in [0.25, 0.3) is 0 Å². The molecule has 1 fully saturated rings. The largest absolute Gasteiger partial charge is 0.392 e. The van der Waals surface area contributed by atoms with Crippen LogP contribution in [0.2, 0.25) is 0 Å². The average molecular weight is 189 g/mol. The minimum atomic E-state index is -0.424. The number of aliphatic hydroxyl groups is 1. The van der Waals surface area contributed by atoms with Crippen molar-refractivity contribution in [1.29, 1.82) is 0 Å². The molecular weight excluding hydrogens is 174 g/mol. The predicted octanol–water partition coefficient (Wildman–Crippen LogP) is 0.146. The van der Waals surface area contributed by atoms with E-state index in [4.69, 9.17) is 5.11 Å². The highest BCUT2D eigenvalue weighted by molar-refractivity contribution is 7.80. The second kappa shape index (κ2) is 4.14. The van der Waals surface area contributed by atoms with Crippen LogP contribution in [-0.4, -0.2) is 40.9 Å². The Balaban J connectivity index is 2.41. The van der Waals surface area contributed by atoms with Crippen LogP contribution in [0.4, 0.5) is 0 Å². The van der Waals surface area contributed by atoms with Crippen molar-refractivity contribution in [3.05, 3.63) is 0 Å². The van der Waals surface area contributed by atoms with Gasteiger partial charge in [0.2, 0.25) is 5.91 Å². The van der Waals surface area contributed by atoms with Crippen LogP contribution in [0.3, 0.4) is 0 Å². The lowest BCUT2D eigenvalue weighted by atomic mass is 10.1. The third-order valence-corrected chi connectivity index (χ3v) is 2.55. The van der Waals surface area contributed by atoms with Crippen molar-refractivity contribution in [2.45, 2.75) is 19.4 Å². The van der Waals surface area contributed by atoms with Gasteiger partial charge in [0.05, 0.1) is 6.10 Å². The molecule has 1 aliphatic heterocycles. The van der Waals surface area contributed by atoms with Crippen molar-refractivity contribution in [2.24, 2.45) is 5.92 Å². The summed E-state index contributed by atoms with van der Waals surface area (Å²) in [5.74, 6) is 1.27. The van der Waals surface area contributed by atoms with Crippen LogP contribution in [0.5, 0.6) is 0 Å². The number of hydrogen-bond acceptors (Lipinski definition) is 3. The molecule has 3 nitrogen and oxygen atoms in total. The first-order valence-corrected chi connectivity index (χ1v) is 4.83. The number of rotatable bonds is 3. The fourth-order valence-corrected chi connectivity index (χ4v) is 1.72. The predicted molar refractivity (Wildman–Crippen MR) is 50.2 cm³/mol. The summed E-state index contributed by atoms with van der Waals surface area (Å²) in [6.45, 7) is 2.91. The fraction of sp³-hybridized carbons (Fsp3) is 0.875. The van der Waals surface area contributed by atoms with Gasteiger partial charge in [0.25, 0.3) is 0 Å². The van der Waals surface area contributed by atoms with E-state index >= 15 is 0 Å². The number of amides is 1. The summed E-state index contributed by atoms with van der Waals surface area (Å²) < 4.78 is 0. The van der Waals surface area contributed by atoms with E-state index in [1.165, 1.54) is 0 Å². The Morgan fingerprint density at radius 1 is 1.83 bits per heavy atom. The molecule has 0 radical (unpaired) electrons. The third kappa shape index (κ3) is 2.38. The normalized spacial score (nSPS) is 26.4. The van der Waals surface area contributed by atoms with Crippen molar-refractivity contribution < 1.29 is 9.90 Å². The molecule has 0 spiro atoms.